The van der Waals surface area contributed by atoms with Crippen molar-refractivity contribution in [2.24, 2.45) is 0 Å². The molecule has 3 aromatic rings. The van der Waals surface area contributed by atoms with E-state index in [4.69, 9.17) is 18.9 Å². The summed E-state index contributed by atoms with van der Waals surface area (Å²) in [7, 11) is 4.54. The predicted molar refractivity (Wildman–Crippen MR) is 126 cm³/mol. The molecular formula is C23H30N6O5. The summed E-state index contributed by atoms with van der Waals surface area (Å²) < 4.78 is 23.6. The summed E-state index contributed by atoms with van der Waals surface area (Å²) in [4.78, 5) is 23.9. The van der Waals surface area contributed by atoms with Crippen LogP contribution in [-0.4, -0.2) is 78.8 Å². The van der Waals surface area contributed by atoms with E-state index >= 15 is 0 Å². The molecule has 0 spiro atoms. The summed E-state index contributed by atoms with van der Waals surface area (Å²) in [5, 5.41) is 8.27. The van der Waals surface area contributed by atoms with Crippen LogP contribution >= 0.6 is 0 Å². The zero-order chi connectivity index (χ0) is 24.2. The third-order valence-corrected chi connectivity index (χ3v) is 5.67. The van der Waals surface area contributed by atoms with E-state index in [-0.39, 0.29) is 18.1 Å². The van der Waals surface area contributed by atoms with Crippen molar-refractivity contribution in [1.82, 2.24) is 25.1 Å². The number of carbonyl (C=O) groups excluding carboxylic acids is 1. The molecule has 11 nitrogen and oxygen atoms in total. The largest absolute Gasteiger partial charge is 0.493 e. The van der Waals surface area contributed by atoms with Gasteiger partial charge in [-0.15, -0.1) is 0 Å². The van der Waals surface area contributed by atoms with Gasteiger partial charge in [-0.05, 0) is 26.0 Å². The van der Waals surface area contributed by atoms with Crippen LogP contribution in [0.5, 0.6) is 17.2 Å². The smallest absolute Gasteiger partial charge is 0.251 e. The van der Waals surface area contributed by atoms with Gasteiger partial charge in [-0.1, -0.05) is 0 Å². The third kappa shape index (κ3) is 4.69. The molecule has 0 saturated carbocycles. The molecule has 0 bridgehead atoms. The van der Waals surface area contributed by atoms with Crippen molar-refractivity contribution in [1.29, 1.82) is 0 Å². The molecule has 11 heteroatoms. The molecule has 1 aromatic carbocycles. The fourth-order valence-electron chi connectivity index (χ4n) is 4.24. The standard InChI is InChI=1S/C23H30N6O5/c1-14-11-28(12-15(2)34-14)21-17-10-27-29(22(17)26-13-25-21)7-6-24-23(30)16-8-18(31-3)20(33-5)19(9-16)32-4/h8-10,13-15H,6-7,11-12H2,1-5H3,(H,24,30)/t14-,15-/m1/s1. The first-order valence-electron chi connectivity index (χ1n) is 11.1. The minimum Gasteiger partial charge on any atom is -0.493 e. The molecule has 1 aliphatic rings. The van der Waals surface area contributed by atoms with Crippen LogP contribution < -0.4 is 24.4 Å². The van der Waals surface area contributed by atoms with E-state index in [1.807, 2.05) is 0 Å². The molecule has 2 atom stereocenters. The van der Waals surface area contributed by atoms with Crippen molar-refractivity contribution in [2.75, 3.05) is 45.9 Å². The maximum atomic E-state index is 12.8. The Morgan fingerprint density at radius 2 is 1.76 bits per heavy atom. The highest BCUT2D eigenvalue weighted by Crippen LogP contribution is 2.38. The summed E-state index contributed by atoms with van der Waals surface area (Å²) in [6.07, 6.45) is 3.56. The molecule has 0 radical (unpaired) electrons. The molecule has 1 amide bonds. The molecule has 182 valence electrons. The van der Waals surface area contributed by atoms with E-state index in [2.05, 4.69) is 39.1 Å². The monoisotopic (exact) mass is 470 g/mol. The van der Waals surface area contributed by atoms with Crippen molar-refractivity contribution >= 4 is 22.8 Å². The molecule has 0 unspecified atom stereocenters. The number of hydrogen-bond acceptors (Lipinski definition) is 9. The van der Waals surface area contributed by atoms with Gasteiger partial charge < -0.3 is 29.2 Å². The molecular weight excluding hydrogens is 440 g/mol. The minimum atomic E-state index is -0.262. The number of morpholine rings is 1. The van der Waals surface area contributed by atoms with Crippen LogP contribution in [0, 0.1) is 0 Å². The summed E-state index contributed by atoms with van der Waals surface area (Å²) >= 11 is 0. The van der Waals surface area contributed by atoms with Gasteiger partial charge in [-0.3, -0.25) is 4.79 Å². The molecule has 34 heavy (non-hydrogen) atoms. The number of methoxy groups -OCH3 is 3. The van der Waals surface area contributed by atoms with Gasteiger partial charge in [0.2, 0.25) is 5.75 Å². The first-order chi connectivity index (χ1) is 16.4. The summed E-state index contributed by atoms with van der Waals surface area (Å²) in [6.45, 7) is 6.44. The normalized spacial score (nSPS) is 18.1. The van der Waals surface area contributed by atoms with Crippen LogP contribution in [0.4, 0.5) is 5.82 Å². The molecule has 1 N–H and O–H groups in total. The SMILES string of the molecule is COc1cc(C(=O)NCCn2ncc3c(N4C[C@@H](C)O[C@H](C)C4)ncnc32)cc(OC)c1OC. The summed E-state index contributed by atoms with van der Waals surface area (Å²) in [5.74, 6) is 1.85. The quantitative estimate of drug-likeness (QED) is 0.527. The maximum Gasteiger partial charge on any atom is 0.251 e. The number of nitrogens with one attached hydrogen (secondary N) is 1. The summed E-state index contributed by atoms with van der Waals surface area (Å²) in [5.41, 5.74) is 1.12. The Hall–Kier alpha value is -3.60. The number of carbonyl (C=O) groups is 1. The molecule has 4 rings (SSSR count). The van der Waals surface area contributed by atoms with Crippen LogP contribution in [0.1, 0.15) is 24.2 Å². The lowest BCUT2D eigenvalue weighted by molar-refractivity contribution is -0.00537. The average Bonchev–Trinajstić information content (AvgIpc) is 3.25. The highest BCUT2D eigenvalue weighted by Gasteiger charge is 2.25. The fraction of sp³-hybridized carbons (Fsp3) is 0.478. The van der Waals surface area contributed by atoms with E-state index in [9.17, 15) is 4.79 Å². The molecule has 3 heterocycles. The van der Waals surface area contributed by atoms with Crippen LogP contribution in [0.3, 0.4) is 0 Å². The van der Waals surface area contributed by atoms with E-state index < -0.39 is 0 Å². The molecule has 1 fully saturated rings. The number of benzene rings is 1. The highest BCUT2D eigenvalue weighted by molar-refractivity contribution is 5.95. The van der Waals surface area contributed by atoms with Crippen LogP contribution in [0.25, 0.3) is 11.0 Å². The Balaban J connectivity index is 1.46. The number of nitrogens with zero attached hydrogens (tertiary/aromatic N) is 5. The second-order valence-corrected chi connectivity index (χ2v) is 8.13. The van der Waals surface area contributed by atoms with Crippen LogP contribution in [0.2, 0.25) is 0 Å². The van der Waals surface area contributed by atoms with Gasteiger partial charge in [0, 0.05) is 25.2 Å². The molecule has 1 saturated heterocycles. The number of hydrogen-bond donors (Lipinski definition) is 1. The molecule has 0 aliphatic carbocycles. The van der Waals surface area contributed by atoms with Gasteiger partial charge in [0.25, 0.3) is 5.91 Å². The van der Waals surface area contributed by atoms with Crippen molar-refractivity contribution in [3.05, 3.63) is 30.2 Å². The highest BCUT2D eigenvalue weighted by atomic mass is 16.5. The van der Waals surface area contributed by atoms with Gasteiger partial charge in [0.15, 0.2) is 17.1 Å². The topological polar surface area (TPSA) is 113 Å². The Labute approximate surface area is 198 Å². The fourth-order valence-corrected chi connectivity index (χ4v) is 4.24. The Morgan fingerprint density at radius 1 is 1.09 bits per heavy atom. The van der Waals surface area contributed by atoms with Gasteiger partial charge in [0.05, 0.1) is 51.7 Å². The zero-order valence-corrected chi connectivity index (χ0v) is 20.1. The number of amides is 1. The predicted octanol–water partition coefficient (Wildman–Crippen LogP) is 1.90. The second-order valence-electron chi connectivity index (χ2n) is 8.13. The van der Waals surface area contributed by atoms with E-state index in [1.165, 1.54) is 21.3 Å². The van der Waals surface area contributed by atoms with Gasteiger partial charge in [-0.25, -0.2) is 14.6 Å². The van der Waals surface area contributed by atoms with Crippen molar-refractivity contribution in [2.45, 2.75) is 32.6 Å². The third-order valence-electron chi connectivity index (χ3n) is 5.67. The zero-order valence-electron chi connectivity index (χ0n) is 20.1. The molecule has 1 aliphatic heterocycles. The Morgan fingerprint density at radius 3 is 2.38 bits per heavy atom. The van der Waals surface area contributed by atoms with Crippen LogP contribution in [-0.2, 0) is 11.3 Å². The second kappa shape index (κ2) is 10.1. The average molecular weight is 471 g/mol. The van der Waals surface area contributed by atoms with Crippen molar-refractivity contribution in [3.63, 3.8) is 0 Å². The lowest BCUT2D eigenvalue weighted by Gasteiger charge is -2.36. The number of rotatable bonds is 8. The number of anilines is 1. The molecule has 2 aromatic heterocycles. The van der Waals surface area contributed by atoms with Crippen molar-refractivity contribution < 1.29 is 23.7 Å². The van der Waals surface area contributed by atoms with E-state index in [1.54, 1.807) is 29.3 Å². The summed E-state index contributed by atoms with van der Waals surface area (Å²) in [6, 6.07) is 3.23. The van der Waals surface area contributed by atoms with E-state index in [0.29, 0.717) is 35.9 Å². The maximum absolute atomic E-state index is 12.8. The van der Waals surface area contributed by atoms with Crippen LogP contribution in [0.15, 0.2) is 24.7 Å². The van der Waals surface area contributed by atoms with E-state index in [0.717, 1.165) is 29.9 Å². The lowest BCUT2D eigenvalue weighted by atomic mass is 10.1. The minimum absolute atomic E-state index is 0.120. The first kappa shape index (κ1) is 23.6. The Kier molecular flexibility index (Phi) is 7.01. The number of aromatic nitrogens is 4. The van der Waals surface area contributed by atoms with Crippen molar-refractivity contribution in [3.8, 4) is 17.2 Å². The van der Waals surface area contributed by atoms with Gasteiger partial charge >= 0.3 is 0 Å². The first-order valence-corrected chi connectivity index (χ1v) is 11.1. The Bertz CT molecular complexity index is 1130. The number of fused-ring (bicyclic) bond motifs is 1. The van der Waals surface area contributed by atoms with Gasteiger partial charge in [0.1, 0.15) is 12.1 Å². The van der Waals surface area contributed by atoms with Gasteiger partial charge in [-0.2, -0.15) is 5.10 Å². The lowest BCUT2D eigenvalue weighted by Crippen LogP contribution is -2.45. The number of ether oxygens (including phenoxy) is 4.